The minimum atomic E-state index is -1.29. The number of carboxylic acid groups (broad SMARTS) is 2. The van der Waals surface area contributed by atoms with E-state index in [2.05, 4.69) is 0 Å². The number of Topliss-reactive ketones (excluding diaryl/α,β-unsaturated/α-hetero) is 2. The molecule has 0 unspecified atom stereocenters. The van der Waals surface area contributed by atoms with Crippen LogP contribution in [0.5, 0.6) is 0 Å². The summed E-state index contributed by atoms with van der Waals surface area (Å²) in [7, 11) is 0. The molecule has 0 aromatic carbocycles. The number of carboxylic acids is 2. The van der Waals surface area contributed by atoms with Crippen molar-refractivity contribution in [2.24, 2.45) is 0 Å². The molecule has 2 N–H and O–H groups in total. The summed E-state index contributed by atoms with van der Waals surface area (Å²) in [6.45, 7) is 7.73. The molecule has 0 aliphatic heterocycles. The number of carbonyl (C=O) groups is 4. The minimum Gasteiger partial charge on any atom is -0.550 e. The van der Waals surface area contributed by atoms with E-state index in [1.165, 1.54) is 0 Å². The van der Waals surface area contributed by atoms with Crippen LogP contribution in [0.2, 0.25) is 0 Å². The predicted octanol–water partition coefficient (Wildman–Crippen LogP) is -1.01. The van der Waals surface area contributed by atoms with Crippen molar-refractivity contribution in [2.75, 3.05) is 13.2 Å². The second-order valence-corrected chi connectivity index (χ2v) is 4.33. The summed E-state index contributed by atoms with van der Waals surface area (Å²) >= 11 is 0. The molecule has 0 fully saturated rings. The van der Waals surface area contributed by atoms with Crippen molar-refractivity contribution in [3.63, 3.8) is 0 Å². The van der Waals surface area contributed by atoms with E-state index in [1.54, 1.807) is 13.8 Å². The Bertz CT molecular complexity index is 296. The molecule has 0 amide bonds. The van der Waals surface area contributed by atoms with Gasteiger partial charge in [0.2, 0.25) is 0 Å². The number of aliphatic hydroxyl groups is 2. The van der Waals surface area contributed by atoms with Crippen molar-refractivity contribution in [1.82, 2.24) is 0 Å². The molecular formula is C16H30O8Ti. The Morgan fingerprint density at radius 3 is 0.920 bits per heavy atom. The third-order valence-electron chi connectivity index (χ3n) is 1.92. The van der Waals surface area contributed by atoms with Gasteiger partial charge in [0.15, 0.2) is 0 Å². The molecule has 0 saturated carbocycles. The predicted molar refractivity (Wildman–Crippen MR) is 84.6 cm³/mol. The number of carbonyl (C=O) groups excluding carboxylic acids is 4. The van der Waals surface area contributed by atoms with Gasteiger partial charge < -0.3 is 30.0 Å². The molecule has 0 aromatic heterocycles. The maximum Gasteiger partial charge on any atom is 2.00 e. The van der Waals surface area contributed by atoms with Crippen LogP contribution in [0.1, 0.15) is 66.2 Å². The van der Waals surface area contributed by atoms with Crippen LogP contribution >= 0.6 is 0 Å². The molecule has 0 aromatic rings. The fourth-order valence-electron chi connectivity index (χ4n) is 0.572. The summed E-state index contributed by atoms with van der Waals surface area (Å²) < 4.78 is 0. The van der Waals surface area contributed by atoms with Gasteiger partial charge >= 0.3 is 21.7 Å². The molecule has 0 rings (SSSR count). The second-order valence-electron chi connectivity index (χ2n) is 4.33. The first-order valence-corrected chi connectivity index (χ1v) is 7.81. The average Bonchev–Trinajstić information content (AvgIpc) is 2.54. The van der Waals surface area contributed by atoms with Crippen molar-refractivity contribution in [3.8, 4) is 0 Å². The van der Waals surface area contributed by atoms with Crippen molar-refractivity contribution in [2.45, 2.75) is 66.2 Å². The molecule has 0 spiro atoms. The summed E-state index contributed by atoms with van der Waals surface area (Å²) in [6, 6.07) is 0. The number of aliphatic hydroxyl groups excluding tert-OH is 2. The monoisotopic (exact) mass is 398 g/mol. The fourth-order valence-corrected chi connectivity index (χ4v) is 0.572. The van der Waals surface area contributed by atoms with E-state index in [4.69, 9.17) is 10.2 Å². The summed E-state index contributed by atoms with van der Waals surface area (Å²) in [5.41, 5.74) is 0. The van der Waals surface area contributed by atoms with Gasteiger partial charge in [-0.05, 0) is 12.8 Å². The molecule has 0 heterocycles. The Morgan fingerprint density at radius 2 is 0.880 bits per heavy atom. The van der Waals surface area contributed by atoms with Crippen molar-refractivity contribution >= 4 is 23.5 Å². The van der Waals surface area contributed by atoms with Crippen LogP contribution in [0.4, 0.5) is 0 Å². The van der Waals surface area contributed by atoms with Gasteiger partial charge in [0, 0.05) is 50.8 Å². The number of hydrogen-bond donors (Lipinski definition) is 2. The van der Waals surface area contributed by atoms with Gasteiger partial charge in [-0.3, -0.25) is 9.59 Å². The van der Waals surface area contributed by atoms with Crippen LogP contribution in [0, 0.1) is 0 Å². The zero-order valence-corrected chi connectivity index (χ0v) is 17.1. The van der Waals surface area contributed by atoms with Gasteiger partial charge in [0.1, 0.15) is 11.6 Å². The van der Waals surface area contributed by atoms with Gasteiger partial charge in [-0.25, -0.2) is 0 Å². The normalized spacial score (nSPS) is 7.92. The van der Waals surface area contributed by atoms with E-state index < -0.39 is 24.8 Å². The first-order chi connectivity index (χ1) is 11.2. The van der Waals surface area contributed by atoms with Crippen LogP contribution in [-0.2, 0) is 40.9 Å². The Hall–Kier alpha value is -1.09. The first kappa shape index (κ1) is 35.1. The zero-order chi connectivity index (χ0) is 20.0. The van der Waals surface area contributed by atoms with E-state index in [0.29, 0.717) is 13.2 Å². The Balaban J connectivity index is -0.0000000739. The minimum absolute atomic E-state index is 0. The second kappa shape index (κ2) is 30.8. The van der Waals surface area contributed by atoms with E-state index in [9.17, 15) is 29.4 Å². The maximum absolute atomic E-state index is 10.2. The molecule has 25 heavy (non-hydrogen) atoms. The third kappa shape index (κ3) is 60.1. The quantitative estimate of drug-likeness (QED) is 0.389. The Kier molecular flexibility index (Phi) is 43.2. The number of rotatable bonds is 8. The third-order valence-corrected chi connectivity index (χ3v) is 1.92. The number of ketones is 2. The van der Waals surface area contributed by atoms with Gasteiger partial charge in [-0.15, -0.1) is 0 Å². The van der Waals surface area contributed by atoms with Crippen LogP contribution in [0.25, 0.3) is 0 Å². The van der Waals surface area contributed by atoms with Crippen molar-refractivity contribution in [3.05, 3.63) is 0 Å². The van der Waals surface area contributed by atoms with E-state index in [0.717, 1.165) is 12.8 Å². The summed E-state index contributed by atoms with van der Waals surface area (Å²) in [6.07, 6.45) is 1.40. The molecule has 0 bridgehead atoms. The topological polar surface area (TPSA) is 155 Å². The largest absolute Gasteiger partial charge is 2.00 e. The van der Waals surface area contributed by atoms with Gasteiger partial charge in [0.05, 0.1) is 0 Å². The molecule has 0 aliphatic rings. The van der Waals surface area contributed by atoms with Gasteiger partial charge in [0.25, 0.3) is 0 Å². The van der Waals surface area contributed by atoms with Crippen LogP contribution in [-0.4, -0.2) is 46.9 Å². The molecule has 146 valence electrons. The van der Waals surface area contributed by atoms with Crippen LogP contribution < -0.4 is 10.2 Å². The average molecular weight is 398 g/mol. The van der Waals surface area contributed by atoms with Gasteiger partial charge in [-0.1, -0.05) is 27.7 Å². The standard InChI is InChI=1S/2C5H8O3.2C3H8O.Ti/c2*1-2-4(6)3-5(7)8;2*1-2-3-4;/h2*2-3H2,1H3,(H,7,8);2*4H,2-3H2,1H3;/q;;;;+2/p-2. The van der Waals surface area contributed by atoms with Gasteiger partial charge in [-0.2, -0.15) is 0 Å². The fraction of sp³-hybridized carbons (Fsp3) is 0.750. The summed E-state index contributed by atoms with van der Waals surface area (Å²) in [5.74, 6) is -3.16. The summed E-state index contributed by atoms with van der Waals surface area (Å²) in [5, 5.41) is 35.0. The van der Waals surface area contributed by atoms with Crippen molar-refractivity contribution in [1.29, 1.82) is 0 Å². The SMILES string of the molecule is CCC(=O)CC(=O)[O-].CCC(=O)CC(=O)[O-].CCCO.CCCO.[Ti+2]. The molecular weight excluding hydrogens is 368 g/mol. The number of hydrogen-bond acceptors (Lipinski definition) is 8. The van der Waals surface area contributed by atoms with Crippen LogP contribution in [0.15, 0.2) is 0 Å². The van der Waals surface area contributed by atoms with Crippen molar-refractivity contribution < 1.29 is 61.3 Å². The molecule has 0 radical (unpaired) electrons. The Morgan fingerprint density at radius 1 is 0.680 bits per heavy atom. The van der Waals surface area contributed by atoms with E-state index >= 15 is 0 Å². The Labute approximate surface area is 164 Å². The molecule has 0 atom stereocenters. The van der Waals surface area contributed by atoms with E-state index in [-0.39, 0.29) is 46.1 Å². The summed E-state index contributed by atoms with van der Waals surface area (Å²) in [4.78, 5) is 39.7. The van der Waals surface area contributed by atoms with E-state index in [1.807, 2.05) is 13.8 Å². The smallest absolute Gasteiger partial charge is 0.550 e. The molecule has 0 aliphatic carbocycles. The molecule has 9 heteroatoms. The maximum atomic E-state index is 10.2. The molecule has 8 nitrogen and oxygen atoms in total. The molecule has 0 saturated heterocycles. The van der Waals surface area contributed by atoms with Crippen LogP contribution in [0.3, 0.4) is 0 Å². The number of aliphatic carboxylic acids is 2. The first-order valence-electron chi connectivity index (χ1n) is 7.81. The zero-order valence-electron chi connectivity index (χ0n) is 15.5.